The van der Waals surface area contributed by atoms with Crippen molar-refractivity contribution in [3.63, 3.8) is 0 Å². The van der Waals surface area contributed by atoms with Crippen LogP contribution in [0.2, 0.25) is 0 Å². The molecule has 0 aliphatic rings. The highest BCUT2D eigenvalue weighted by molar-refractivity contribution is 5.25. The molecule has 0 bridgehead atoms. The number of halogens is 1. The molecule has 0 aliphatic heterocycles. The summed E-state index contributed by atoms with van der Waals surface area (Å²) in [5.74, 6) is -0.205. The van der Waals surface area contributed by atoms with E-state index in [1.807, 2.05) is 27.7 Å². The first-order valence-corrected chi connectivity index (χ1v) is 4.77. The molecule has 1 rings (SSSR count). The van der Waals surface area contributed by atoms with Crippen molar-refractivity contribution < 1.29 is 9.13 Å². The summed E-state index contributed by atoms with van der Waals surface area (Å²) in [6.45, 7) is 8.39. The Morgan fingerprint density at radius 1 is 1.29 bits per heavy atom. The molecule has 0 N–H and O–H groups in total. The highest BCUT2D eigenvalue weighted by Gasteiger charge is 2.11. The van der Waals surface area contributed by atoms with Crippen LogP contribution in [0.3, 0.4) is 0 Å². The highest BCUT2D eigenvalue weighted by atomic mass is 19.1. The number of rotatable bonds is 2. The number of hydrogen-bond acceptors (Lipinski definition) is 1. The predicted molar refractivity (Wildman–Crippen MR) is 55.7 cm³/mol. The normalized spacial score (nSPS) is 11.8. The topological polar surface area (TPSA) is 9.23 Å². The summed E-state index contributed by atoms with van der Waals surface area (Å²) in [4.78, 5) is 0. The van der Waals surface area contributed by atoms with E-state index in [1.165, 1.54) is 12.1 Å². The Kier molecular flexibility index (Phi) is 3.27. The summed E-state index contributed by atoms with van der Waals surface area (Å²) >= 11 is 0. The van der Waals surface area contributed by atoms with Gasteiger partial charge in [0.05, 0.1) is 12.2 Å². The quantitative estimate of drug-likeness (QED) is 0.704. The average Bonchev–Trinajstić information content (AvgIpc) is 2.05. The van der Waals surface area contributed by atoms with E-state index >= 15 is 0 Å². The van der Waals surface area contributed by atoms with Gasteiger partial charge in [0, 0.05) is 0 Å². The maximum absolute atomic E-state index is 12.9. The molecule has 0 atom stereocenters. The first-order valence-electron chi connectivity index (χ1n) is 4.77. The molecular weight excluding hydrogens is 179 g/mol. The van der Waals surface area contributed by atoms with Crippen molar-refractivity contribution in [2.45, 2.75) is 39.9 Å². The summed E-state index contributed by atoms with van der Waals surface area (Å²) < 4.78 is 18.5. The second-order valence-electron chi connectivity index (χ2n) is 4.47. The van der Waals surface area contributed by atoms with Crippen molar-refractivity contribution in [2.24, 2.45) is 0 Å². The molecular formula is C12H17FO. The lowest BCUT2D eigenvalue weighted by atomic mass is 10.1. The standard InChI is InChI=1S/C12H17FO/c1-9-5-6-11(13)7-10(9)8-14-12(2,3)4/h5-7H,8H2,1-4H3. The van der Waals surface area contributed by atoms with Gasteiger partial charge >= 0.3 is 0 Å². The number of hydrogen-bond donors (Lipinski definition) is 0. The van der Waals surface area contributed by atoms with Crippen LogP contribution in [-0.4, -0.2) is 5.60 Å². The molecule has 1 aromatic carbocycles. The largest absolute Gasteiger partial charge is 0.371 e. The van der Waals surface area contributed by atoms with Crippen molar-refractivity contribution in [2.75, 3.05) is 0 Å². The van der Waals surface area contributed by atoms with Crippen molar-refractivity contribution >= 4 is 0 Å². The first-order chi connectivity index (χ1) is 6.38. The third-order valence-corrected chi connectivity index (χ3v) is 1.97. The molecule has 0 saturated carbocycles. The van der Waals surface area contributed by atoms with Crippen LogP contribution in [0, 0.1) is 12.7 Å². The molecule has 0 radical (unpaired) electrons. The smallest absolute Gasteiger partial charge is 0.123 e. The van der Waals surface area contributed by atoms with E-state index in [2.05, 4.69) is 0 Å². The van der Waals surface area contributed by atoms with Gasteiger partial charge in [0.2, 0.25) is 0 Å². The lowest BCUT2D eigenvalue weighted by Gasteiger charge is -2.20. The van der Waals surface area contributed by atoms with Gasteiger partial charge in [0.25, 0.3) is 0 Å². The summed E-state index contributed by atoms with van der Waals surface area (Å²) in [7, 11) is 0. The van der Waals surface area contributed by atoms with Crippen molar-refractivity contribution in [3.05, 3.63) is 35.1 Å². The summed E-state index contributed by atoms with van der Waals surface area (Å²) in [6, 6.07) is 4.77. The second kappa shape index (κ2) is 4.09. The molecule has 0 aliphatic carbocycles. The van der Waals surface area contributed by atoms with E-state index in [0.29, 0.717) is 6.61 Å². The van der Waals surface area contributed by atoms with E-state index in [-0.39, 0.29) is 11.4 Å². The monoisotopic (exact) mass is 196 g/mol. The van der Waals surface area contributed by atoms with Crippen molar-refractivity contribution in [1.82, 2.24) is 0 Å². The zero-order chi connectivity index (χ0) is 10.8. The Morgan fingerprint density at radius 2 is 1.93 bits per heavy atom. The fourth-order valence-electron chi connectivity index (χ4n) is 1.09. The van der Waals surface area contributed by atoms with Crippen LogP contribution in [0.25, 0.3) is 0 Å². The Labute approximate surface area is 84.9 Å². The molecule has 0 aromatic heterocycles. The van der Waals surface area contributed by atoms with Gasteiger partial charge in [-0.1, -0.05) is 6.07 Å². The fraction of sp³-hybridized carbons (Fsp3) is 0.500. The third kappa shape index (κ3) is 3.46. The van der Waals surface area contributed by atoms with E-state index < -0.39 is 0 Å². The second-order valence-corrected chi connectivity index (χ2v) is 4.47. The van der Waals surface area contributed by atoms with Crippen LogP contribution in [0.1, 0.15) is 31.9 Å². The van der Waals surface area contributed by atoms with Gasteiger partial charge < -0.3 is 4.74 Å². The fourth-order valence-corrected chi connectivity index (χ4v) is 1.09. The van der Waals surface area contributed by atoms with Crippen molar-refractivity contribution in [3.8, 4) is 0 Å². The summed E-state index contributed by atoms with van der Waals surface area (Å²) in [5, 5.41) is 0. The van der Waals surface area contributed by atoms with Crippen LogP contribution in [0.15, 0.2) is 18.2 Å². The number of aryl methyl sites for hydroxylation is 1. The molecule has 0 fully saturated rings. The number of benzene rings is 1. The average molecular weight is 196 g/mol. The molecule has 0 amide bonds. The highest BCUT2D eigenvalue weighted by Crippen LogP contribution is 2.15. The number of ether oxygens (including phenoxy) is 1. The Balaban J connectivity index is 2.72. The van der Waals surface area contributed by atoms with Gasteiger partial charge in [0.15, 0.2) is 0 Å². The maximum Gasteiger partial charge on any atom is 0.123 e. The maximum atomic E-state index is 12.9. The Hall–Kier alpha value is -0.890. The molecule has 1 aromatic rings. The molecule has 2 heteroatoms. The minimum Gasteiger partial charge on any atom is -0.371 e. The summed E-state index contributed by atoms with van der Waals surface area (Å²) in [6.07, 6.45) is 0. The van der Waals surface area contributed by atoms with Gasteiger partial charge in [-0.2, -0.15) is 0 Å². The van der Waals surface area contributed by atoms with Crippen LogP contribution in [-0.2, 0) is 11.3 Å². The van der Waals surface area contributed by atoms with Gasteiger partial charge in [-0.3, -0.25) is 0 Å². The van der Waals surface area contributed by atoms with Gasteiger partial charge in [-0.25, -0.2) is 4.39 Å². The molecule has 78 valence electrons. The molecule has 0 unspecified atom stereocenters. The molecule has 14 heavy (non-hydrogen) atoms. The summed E-state index contributed by atoms with van der Waals surface area (Å²) in [5.41, 5.74) is 1.80. The van der Waals surface area contributed by atoms with Crippen LogP contribution < -0.4 is 0 Å². The minimum atomic E-state index is -0.205. The van der Waals surface area contributed by atoms with E-state index in [9.17, 15) is 4.39 Å². The third-order valence-electron chi connectivity index (χ3n) is 1.97. The van der Waals surface area contributed by atoms with Gasteiger partial charge in [-0.15, -0.1) is 0 Å². The molecule has 0 spiro atoms. The predicted octanol–water partition coefficient (Wildman–Crippen LogP) is 3.45. The van der Waals surface area contributed by atoms with Gasteiger partial charge in [0.1, 0.15) is 5.82 Å². The molecule has 0 saturated heterocycles. The zero-order valence-electron chi connectivity index (χ0n) is 9.23. The van der Waals surface area contributed by atoms with Crippen molar-refractivity contribution in [1.29, 1.82) is 0 Å². The Bertz CT molecular complexity index is 313. The van der Waals surface area contributed by atoms with E-state index in [0.717, 1.165) is 11.1 Å². The molecule has 0 heterocycles. The van der Waals surface area contributed by atoms with Gasteiger partial charge in [-0.05, 0) is 51.0 Å². The zero-order valence-corrected chi connectivity index (χ0v) is 9.23. The van der Waals surface area contributed by atoms with Crippen LogP contribution in [0.5, 0.6) is 0 Å². The van der Waals surface area contributed by atoms with E-state index in [1.54, 1.807) is 6.07 Å². The first kappa shape index (κ1) is 11.2. The van der Waals surface area contributed by atoms with E-state index in [4.69, 9.17) is 4.74 Å². The van der Waals surface area contributed by atoms with Crippen LogP contribution in [0.4, 0.5) is 4.39 Å². The lowest BCUT2D eigenvalue weighted by molar-refractivity contribution is -0.0152. The van der Waals surface area contributed by atoms with Crippen LogP contribution >= 0.6 is 0 Å². The lowest BCUT2D eigenvalue weighted by Crippen LogP contribution is -2.19. The molecule has 1 nitrogen and oxygen atoms in total. The SMILES string of the molecule is Cc1ccc(F)cc1COC(C)(C)C. The minimum absolute atomic E-state index is 0.182. The Morgan fingerprint density at radius 3 is 2.50 bits per heavy atom.